The van der Waals surface area contributed by atoms with Gasteiger partial charge < -0.3 is 10.4 Å². The highest BCUT2D eigenvalue weighted by molar-refractivity contribution is 5.98. The second-order valence-electron chi connectivity index (χ2n) is 7.21. The molecule has 158 valence electrons. The summed E-state index contributed by atoms with van der Waals surface area (Å²) in [4.78, 5) is 13.1. The number of carbonyl (C=O) groups excluding carboxylic acids is 1. The van der Waals surface area contributed by atoms with Crippen molar-refractivity contribution >= 4 is 11.6 Å². The lowest BCUT2D eigenvalue weighted by Crippen LogP contribution is -2.42. The van der Waals surface area contributed by atoms with Gasteiger partial charge >= 0.3 is 6.18 Å². The average molecular weight is 424 g/mol. The van der Waals surface area contributed by atoms with E-state index in [0.717, 1.165) is 11.6 Å². The molecule has 0 spiro atoms. The first kappa shape index (κ1) is 22.1. The Morgan fingerprint density at radius 1 is 1.03 bits per heavy atom. The Morgan fingerprint density at radius 3 is 2.26 bits per heavy atom. The van der Waals surface area contributed by atoms with Crippen molar-refractivity contribution in [1.29, 1.82) is 5.26 Å². The second kappa shape index (κ2) is 8.62. The number of aryl methyl sites for hydroxylation is 1. The number of alkyl halides is 3. The number of hydrogen-bond acceptors (Lipinski definition) is 3. The molecule has 1 amide bonds. The third-order valence-corrected chi connectivity index (χ3v) is 4.91. The molecular weight excluding hydrogens is 405 g/mol. The minimum absolute atomic E-state index is 0.0778. The number of nitriles is 1. The van der Waals surface area contributed by atoms with Crippen LogP contribution in [0.4, 0.5) is 18.9 Å². The standard InChI is InChI=1S/C24H19F3N2O2/c1-16-7-9-17(10-8-16)14-23(31,19-5-3-2-4-6-19)22(30)29-20-12-11-18(15-28)21(13-20)24(25,26)27/h2-13,31H,14H2,1H3,(H,29,30). The lowest BCUT2D eigenvalue weighted by atomic mass is 9.86. The fraction of sp³-hybridized carbons (Fsp3) is 0.167. The van der Waals surface area contributed by atoms with Crippen molar-refractivity contribution in [2.45, 2.75) is 25.1 Å². The van der Waals surface area contributed by atoms with Crippen LogP contribution in [0.3, 0.4) is 0 Å². The molecule has 0 heterocycles. The van der Waals surface area contributed by atoms with Gasteiger partial charge in [0.15, 0.2) is 5.60 Å². The van der Waals surface area contributed by atoms with E-state index in [0.29, 0.717) is 17.2 Å². The number of benzene rings is 3. The number of hydrogen-bond donors (Lipinski definition) is 2. The summed E-state index contributed by atoms with van der Waals surface area (Å²) in [5, 5.41) is 22.7. The van der Waals surface area contributed by atoms with Crippen molar-refractivity contribution in [2.75, 3.05) is 5.32 Å². The number of anilines is 1. The number of aliphatic hydroxyl groups is 1. The van der Waals surface area contributed by atoms with Crippen LogP contribution in [0.5, 0.6) is 0 Å². The van der Waals surface area contributed by atoms with E-state index in [1.54, 1.807) is 42.5 Å². The van der Waals surface area contributed by atoms with E-state index in [1.807, 2.05) is 19.1 Å². The van der Waals surface area contributed by atoms with Gasteiger partial charge in [-0.15, -0.1) is 0 Å². The first-order chi connectivity index (χ1) is 14.6. The fourth-order valence-corrected chi connectivity index (χ4v) is 3.22. The molecule has 0 bridgehead atoms. The zero-order valence-electron chi connectivity index (χ0n) is 16.6. The van der Waals surface area contributed by atoms with Crippen LogP contribution >= 0.6 is 0 Å². The molecule has 0 aliphatic rings. The number of halogens is 3. The molecule has 1 atom stereocenters. The summed E-state index contributed by atoms with van der Waals surface area (Å²) in [5.74, 6) is -0.878. The number of amides is 1. The fourth-order valence-electron chi connectivity index (χ4n) is 3.22. The van der Waals surface area contributed by atoms with Crippen molar-refractivity contribution in [3.8, 4) is 6.07 Å². The van der Waals surface area contributed by atoms with Crippen LogP contribution in [0.2, 0.25) is 0 Å². The quantitative estimate of drug-likeness (QED) is 0.608. The van der Waals surface area contributed by atoms with E-state index >= 15 is 0 Å². The zero-order valence-corrected chi connectivity index (χ0v) is 16.6. The molecule has 4 nitrogen and oxygen atoms in total. The molecule has 2 N–H and O–H groups in total. The average Bonchev–Trinajstić information content (AvgIpc) is 2.75. The Balaban J connectivity index is 1.98. The zero-order chi connectivity index (χ0) is 22.6. The van der Waals surface area contributed by atoms with Crippen LogP contribution in [0, 0.1) is 18.3 Å². The molecule has 31 heavy (non-hydrogen) atoms. The van der Waals surface area contributed by atoms with Gasteiger partial charge in [-0.2, -0.15) is 18.4 Å². The summed E-state index contributed by atoms with van der Waals surface area (Å²) in [6.07, 6.45) is -4.84. The molecule has 0 aliphatic carbocycles. The maximum atomic E-state index is 13.3. The monoisotopic (exact) mass is 424 g/mol. The van der Waals surface area contributed by atoms with Crippen molar-refractivity contribution in [1.82, 2.24) is 0 Å². The van der Waals surface area contributed by atoms with Crippen molar-refractivity contribution in [2.24, 2.45) is 0 Å². The summed E-state index contributed by atoms with van der Waals surface area (Å²) in [5.41, 5.74) is -1.91. The maximum absolute atomic E-state index is 13.3. The van der Waals surface area contributed by atoms with Crippen LogP contribution in [0.15, 0.2) is 72.8 Å². The molecule has 0 aromatic heterocycles. The molecule has 0 fully saturated rings. The van der Waals surface area contributed by atoms with Gasteiger partial charge in [-0.05, 0) is 36.2 Å². The third kappa shape index (κ3) is 4.93. The summed E-state index contributed by atoms with van der Waals surface area (Å²) in [7, 11) is 0. The highest BCUT2D eigenvalue weighted by Gasteiger charge is 2.39. The van der Waals surface area contributed by atoms with Gasteiger partial charge in [-0.1, -0.05) is 60.2 Å². The van der Waals surface area contributed by atoms with Gasteiger partial charge in [-0.3, -0.25) is 4.79 Å². The Hall–Kier alpha value is -3.63. The van der Waals surface area contributed by atoms with Crippen molar-refractivity contribution in [3.05, 3.63) is 101 Å². The van der Waals surface area contributed by atoms with E-state index in [2.05, 4.69) is 5.32 Å². The first-order valence-electron chi connectivity index (χ1n) is 9.40. The van der Waals surface area contributed by atoms with Gasteiger partial charge in [0.05, 0.1) is 17.2 Å². The molecular formula is C24H19F3N2O2. The van der Waals surface area contributed by atoms with Gasteiger partial charge in [0.1, 0.15) is 0 Å². The summed E-state index contributed by atoms with van der Waals surface area (Å²) < 4.78 is 39.8. The number of nitrogens with zero attached hydrogens (tertiary/aromatic N) is 1. The molecule has 3 aromatic rings. The summed E-state index contributed by atoms with van der Waals surface area (Å²) in [6, 6.07) is 19.8. The smallest absolute Gasteiger partial charge is 0.375 e. The lowest BCUT2D eigenvalue weighted by Gasteiger charge is -2.28. The van der Waals surface area contributed by atoms with E-state index in [4.69, 9.17) is 5.26 Å². The number of nitrogens with one attached hydrogen (secondary N) is 1. The first-order valence-corrected chi connectivity index (χ1v) is 9.40. The van der Waals surface area contributed by atoms with Crippen LogP contribution in [-0.4, -0.2) is 11.0 Å². The minimum atomic E-state index is -4.76. The predicted molar refractivity (Wildman–Crippen MR) is 110 cm³/mol. The topological polar surface area (TPSA) is 73.1 Å². The molecule has 0 radical (unpaired) electrons. The lowest BCUT2D eigenvalue weighted by molar-refractivity contribution is -0.138. The Bertz CT molecular complexity index is 1120. The molecule has 0 saturated heterocycles. The molecule has 3 aromatic carbocycles. The Labute approximate surface area is 177 Å². The molecule has 7 heteroatoms. The highest BCUT2D eigenvalue weighted by atomic mass is 19.4. The van der Waals surface area contributed by atoms with E-state index < -0.39 is 28.8 Å². The van der Waals surface area contributed by atoms with Crippen molar-refractivity contribution < 1.29 is 23.1 Å². The van der Waals surface area contributed by atoms with Gasteiger partial charge in [0, 0.05) is 12.1 Å². The summed E-state index contributed by atoms with van der Waals surface area (Å²) >= 11 is 0. The van der Waals surface area contributed by atoms with E-state index in [1.165, 1.54) is 12.1 Å². The van der Waals surface area contributed by atoms with Crippen LogP contribution < -0.4 is 5.32 Å². The second-order valence-corrected chi connectivity index (χ2v) is 7.21. The number of rotatable bonds is 5. The largest absolute Gasteiger partial charge is 0.417 e. The summed E-state index contributed by atoms with van der Waals surface area (Å²) in [6.45, 7) is 1.91. The van der Waals surface area contributed by atoms with Crippen molar-refractivity contribution in [3.63, 3.8) is 0 Å². The van der Waals surface area contributed by atoms with Crippen LogP contribution in [-0.2, 0) is 23.0 Å². The Kier molecular flexibility index (Phi) is 6.14. The minimum Gasteiger partial charge on any atom is -0.375 e. The van der Waals surface area contributed by atoms with Crippen LogP contribution in [0.25, 0.3) is 0 Å². The third-order valence-electron chi connectivity index (χ3n) is 4.91. The number of carbonyl (C=O) groups is 1. The normalized spacial score (nSPS) is 13.2. The van der Waals surface area contributed by atoms with Gasteiger partial charge in [0.25, 0.3) is 5.91 Å². The van der Waals surface area contributed by atoms with Gasteiger partial charge in [-0.25, -0.2) is 0 Å². The highest BCUT2D eigenvalue weighted by Crippen LogP contribution is 2.34. The predicted octanol–water partition coefficient (Wildman–Crippen LogP) is 4.95. The van der Waals surface area contributed by atoms with E-state index in [9.17, 15) is 23.1 Å². The SMILES string of the molecule is Cc1ccc(CC(O)(C(=O)Nc2ccc(C#N)c(C(F)(F)F)c2)c2ccccc2)cc1. The molecule has 3 rings (SSSR count). The van der Waals surface area contributed by atoms with E-state index in [-0.39, 0.29) is 12.1 Å². The Morgan fingerprint density at radius 2 is 1.68 bits per heavy atom. The van der Waals surface area contributed by atoms with Gasteiger partial charge in [0.2, 0.25) is 0 Å². The van der Waals surface area contributed by atoms with Crippen LogP contribution in [0.1, 0.15) is 27.8 Å². The molecule has 0 saturated carbocycles. The maximum Gasteiger partial charge on any atom is 0.417 e. The molecule has 1 unspecified atom stereocenters. The molecule has 0 aliphatic heterocycles.